The molecule has 9 heteroatoms. The molecule has 0 saturated carbocycles. The number of hydrogen-bond acceptors (Lipinski definition) is 8. The van der Waals surface area contributed by atoms with Crippen molar-refractivity contribution >= 4 is 39.8 Å². The third kappa shape index (κ3) is 3.70. The summed E-state index contributed by atoms with van der Waals surface area (Å²) in [6, 6.07) is 4.03. The molecule has 2 aromatic heterocycles. The Morgan fingerprint density at radius 3 is 2.76 bits per heavy atom. The van der Waals surface area contributed by atoms with Gasteiger partial charge in [0.1, 0.15) is 11.6 Å². The lowest BCUT2D eigenvalue weighted by Gasteiger charge is -2.34. The molecule has 0 amide bonds. The molecule has 25 heavy (non-hydrogen) atoms. The summed E-state index contributed by atoms with van der Waals surface area (Å²) >= 11 is 2.72. The minimum atomic E-state index is 0.587. The highest BCUT2D eigenvalue weighted by molar-refractivity contribution is 6.04. The van der Waals surface area contributed by atoms with Crippen LogP contribution in [0.3, 0.4) is 0 Å². The van der Waals surface area contributed by atoms with Crippen molar-refractivity contribution in [3.05, 3.63) is 30.1 Å². The normalized spacial score (nSPS) is 18.1. The van der Waals surface area contributed by atoms with E-state index >= 15 is 0 Å². The lowest BCUT2D eigenvalue weighted by Crippen LogP contribution is -2.39. The minimum Gasteiger partial charge on any atom is -0.383 e. The summed E-state index contributed by atoms with van der Waals surface area (Å²) in [5.74, 6) is 2.53. The van der Waals surface area contributed by atoms with Crippen LogP contribution in [0.4, 0.5) is 23.3 Å². The summed E-state index contributed by atoms with van der Waals surface area (Å²) < 4.78 is 7.52. The van der Waals surface area contributed by atoms with Crippen LogP contribution < -0.4 is 15.1 Å². The number of hydrogen-bond donors (Lipinski definition) is 1. The summed E-state index contributed by atoms with van der Waals surface area (Å²) in [7, 11) is 2.03. The Kier molecular flexibility index (Phi) is 4.72. The summed E-state index contributed by atoms with van der Waals surface area (Å²) in [6.45, 7) is 4.93. The van der Waals surface area contributed by atoms with Crippen molar-refractivity contribution in [3.8, 4) is 0 Å². The van der Waals surface area contributed by atoms with Gasteiger partial charge >= 0.3 is 0 Å². The molecule has 0 aromatic carbocycles. The molecule has 2 aliphatic rings. The van der Waals surface area contributed by atoms with Crippen molar-refractivity contribution in [1.29, 1.82) is 0 Å². The summed E-state index contributed by atoms with van der Waals surface area (Å²) in [5, 5.41) is 3.24. The third-order valence-corrected chi connectivity index (χ3v) is 4.66. The SMILES string of the molecule is CN1C[N]([Al])Cc2cnc(Nc3ccc(N4CCOCC4)nc3)nc21. The molecule has 128 valence electrons. The Labute approximate surface area is 155 Å². The van der Waals surface area contributed by atoms with E-state index in [0.717, 1.165) is 62.4 Å². The van der Waals surface area contributed by atoms with Crippen LogP contribution in [0.15, 0.2) is 24.5 Å². The monoisotopic (exact) mass is 353 g/mol. The number of rotatable bonds is 3. The molecule has 0 unspecified atom stereocenters. The second-order valence-electron chi connectivity index (χ2n) is 6.26. The van der Waals surface area contributed by atoms with E-state index in [1.54, 1.807) is 0 Å². The Morgan fingerprint density at radius 1 is 1.16 bits per heavy atom. The quantitative estimate of drug-likeness (QED) is 0.811. The molecule has 2 radical (unpaired) electrons. The van der Waals surface area contributed by atoms with Crippen LogP contribution in [0.1, 0.15) is 5.56 Å². The van der Waals surface area contributed by atoms with Gasteiger partial charge in [-0.2, -0.15) is 4.98 Å². The number of nitrogens with zero attached hydrogens (tertiary/aromatic N) is 6. The molecule has 8 nitrogen and oxygen atoms in total. The fraction of sp³-hybridized carbons (Fsp3) is 0.438. The van der Waals surface area contributed by atoms with E-state index in [0.29, 0.717) is 5.95 Å². The van der Waals surface area contributed by atoms with E-state index in [-0.39, 0.29) is 0 Å². The molecule has 0 aliphatic carbocycles. The Morgan fingerprint density at radius 2 is 2.00 bits per heavy atom. The number of fused-ring (bicyclic) bond motifs is 1. The van der Waals surface area contributed by atoms with Crippen molar-refractivity contribution in [2.24, 2.45) is 0 Å². The minimum absolute atomic E-state index is 0.587. The lowest BCUT2D eigenvalue weighted by molar-refractivity contribution is 0.122. The van der Waals surface area contributed by atoms with Gasteiger partial charge in [-0.15, -0.1) is 0 Å². The Hall–Kier alpha value is -1.92. The maximum Gasteiger partial charge on any atom is 0.259 e. The maximum atomic E-state index is 5.38. The highest BCUT2D eigenvalue weighted by atomic mass is 27.1. The van der Waals surface area contributed by atoms with Crippen LogP contribution in [0.5, 0.6) is 0 Å². The third-order valence-electron chi connectivity index (χ3n) is 4.31. The number of anilines is 4. The topological polar surface area (TPSA) is 69.7 Å². The van der Waals surface area contributed by atoms with Crippen LogP contribution in [-0.2, 0) is 11.3 Å². The first-order valence-corrected chi connectivity index (χ1v) is 8.83. The zero-order valence-electron chi connectivity index (χ0n) is 14.2. The van der Waals surface area contributed by atoms with Crippen molar-refractivity contribution in [2.75, 3.05) is 55.1 Å². The number of morpholine rings is 1. The van der Waals surface area contributed by atoms with Gasteiger partial charge in [-0.25, -0.2) is 9.97 Å². The van der Waals surface area contributed by atoms with E-state index in [1.807, 2.05) is 31.6 Å². The molecule has 1 fully saturated rings. The molecule has 0 bridgehead atoms. The van der Waals surface area contributed by atoms with Gasteiger partial charge in [0.25, 0.3) is 16.5 Å². The average Bonchev–Trinajstić information content (AvgIpc) is 2.63. The molecule has 0 spiro atoms. The van der Waals surface area contributed by atoms with Gasteiger partial charge in [0, 0.05) is 38.4 Å². The lowest BCUT2D eigenvalue weighted by atomic mass is 10.2. The van der Waals surface area contributed by atoms with E-state index < -0.39 is 0 Å². The van der Waals surface area contributed by atoms with Gasteiger partial charge in [0.2, 0.25) is 5.95 Å². The van der Waals surface area contributed by atoms with Crippen LogP contribution in [0.2, 0.25) is 0 Å². The first-order chi connectivity index (χ1) is 12.2. The second kappa shape index (κ2) is 7.14. The largest absolute Gasteiger partial charge is 0.383 e. The molecular weight excluding hydrogens is 333 g/mol. The molecule has 1 saturated heterocycles. The number of ether oxygens (including phenoxy) is 1. The summed E-state index contributed by atoms with van der Waals surface area (Å²) in [6.07, 6.45) is 3.70. The van der Waals surface area contributed by atoms with Crippen molar-refractivity contribution in [1.82, 2.24) is 18.8 Å². The van der Waals surface area contributed by atoms with E-state index in [4.69, 9.17) is 4.74 Å². The summed E-state index contributed by atoms with van der Waals surface area (Å²) in [5.41, 5.74) is 2.00. The fourth-order valence-electron chi connectivity index (χ4n) is 3.08. The molecule has 2 aliphatic heterocycles. The first-order valence-electron chi connectivity index (χ1n) is 8.31. The second-order valence-corrected chi connectivity index (χ2v) is 6.99. The van der Waals surface area contributed by atoms with Gasteiger partial charge in [0.05, 0.1) is 31.8 Å². The molecular formula is C16H20AlN7O. The number of nitrogens with one attached hydrogen (secondary N) is 1. The molecule has 2 aromatic rings. The predicted octanol–water partition coefficient (Wildman–Crippen LogP) is 0.745. The molecule has 1 N–H and O–H groups in total. The Balaban J connectivity index is 1.48. The Bertz CT molecular complexity index is 736. The van der Waals surface area contributed by atoms with Gasteiger partial charge in [-0.1, -0.05) is 0 Å². The first kappa shape index (κ1) is 16.5. The van der Waals surface area contributed by atoms with Crippen LogP contribution in [0, 0.1) is 0 Å². The molecule has 4 heterocycles. The van der Waals surface area contributed by atoms with Gasteiger partial charge in [-0.3, -0.25) is 0 Å². The predicted molar refractivity (Wildman–Crippen MR) is 97.2 cm³/mol. The van der Waals surface area contributed by atoms with Crippen molar-refractivity contribution < 1.29 is 4.74 Å². The number of aromatic nitrogens is 3. The van der Waals surface area contributed by atoms with E-state index in [2.05, 4.69) is 50.5 Å². The molecule has 0 atom stereocenters. The zero-order chi connectivity index (χ0) is 17.2. The van der Waals surface area contributed by atoms with Gasteiger partial charge < -0.3 is 23.7 Å². The number of pyridine rings is 1. The standard InChI is InChI=1S/C16H20N7O.Al/c1-22-11-17-8-12-9-19-16(21-15(12)22)20-13-2-3-14(18-10-13)23-4-6-24-7-5-23;/h2-3,9-10H,4-8,11H2,1H3,(H,19,20,21);/q-1;+1. The van der Waals surface area contributed by atoms with E-state index in [9.17, 15) is 0 Å². The highest BCUT2D eigenvalue weighted by Crippen LogP contribution is 2.25. The van der Waals surface area contributed by atoms with Crippen LogP contribution in [-0.4, -0.2) is 75.4 Å². The van der Waals surface area contributed by atoms with Gasteiger partial charge in [-0.05, 0) is 12.1 Å². The highest BCUT2D eigenvalue weighted by Gasteiger charge is 2.19. The molecule has 4 rings (SSSR count). The average molecular weight is 353 g/mol. The van der Waals surface area contributed by atoms with Gasteiger partial charge in [0.15, 0.2) is 0 Å². The zero-order valence-corrected chi connectivity index (χ0v) is 15.4. The maximum absolute atomic E-state index is 5.38. The smallest absolute Gasteiger partial charge is 0.259 e. The fourth-order valence-corrected chi connectivity index (χ4v) is 3.52. The van der Waals surface area contributed by atoms with E-state index in [1.165, 1.54) is 0 Å². The van der Waals surface area contributed by atoms with Crippen LogP contribution in [0.25, 0.3) is 0 Å². The van der Waals surface area contributed by atoms with Crippen molar-refractivity contribution in [2.45, 2.75) is 6.54 Å². The summed E-state index contributed by atoms with van der Waals surface area (Å²) in [4.78, 5) is 18.0. The van der Waals surface area contributed by atoms with Crippen molar-refractivity contribution in [3.63, 3.8) is 0 Å². The van der Waals surface area contributed by atoms with Crippen LogP contribution >= 0.6 is 0 Å².